The van der Waals surface area contributed by atoms with Gasteiger partial charge in [0.25, 0.3) is 0 Å². The lowest BCUT2D eigenvalue weighted by Crippen LogP contribution is -2.26. The lowest BCUT2D eigenvalue weighted by Gasteiger charge is -2.19. The highest BCUT2D eigenvalue weighted by atomic mass is 79.9. The number of benzene rings is 1. The smallest absolute Gasteiger partial charge is 0.226 e. The monoisotopic (exact) mass is 283 g/mol. The molecule has 0 bridgehead atoms. The molecule has 0 saturated heterocycles. The van der Waals surface area contributed by atoms with Gasteiger partial charge in [-0.3, -0.25) is 9.59 Å². The van der Waals surface area contributed by atoms with E-state index in [9.17, 15) is 9.59 Å². The van der Waals surface area contributed by atoms with E-state index in [4.69, 9.17) is 0 Å². The summed E-state index contributed by atoms with van der Waals surface area (Å²) in [6.07, 6.45) is 1.18. The van der Waals surface area contributed by atoms with Gasteiger partial charge in [-0.15, -0.1) is 0 Å². The topological polar surface area (TPSA) is 37.4 Å². The summed E-state index contributed by atoms with van der Waals surface area (Å²) in [4.78, 5) is 24.1. The maximum atomic E-state index is 11.6. The first-order valence-corrected chi connectivity index (χ1v) is 5.82. The Morgan fingerprint density at radius 3 is 2.62 bits per heavy atom. The number of anilines is 1. The van der Waals surface area contributed by atoms with Gasteiger partial charge >= 0.3 is 0 Å². The minimum Gasteiger partial charge on any atom is -0.315 e. The molecule has 0 aliphatic rings. The van der Waals surface area contributed by atoms with Gasteiger partial charge in [0, 0.05) is 17.9 Å². The van der Waals surface area contributed by atoms with Gasteiger partial charge in [-0.05, 0) is 40.5 Å². The molecule has 1 aromatic rings. The van der Waals surface area contributed by atoms with E-state index in [1.54, 1.807) is 14.0 Å². The fourth-order valence-electron chi connectivity index (χ4n) is 1.50. The third-order valence-electron chi connectivity index (χ3n) is 2.41. The molecule has 0 fully saturated rings. The van der Waals surface area contributed by atoms with Crippen LogP contribution in [0.25, 0.3) is 0 Å². The van der Waals surface area contributed by atoms with Crippen molar-refractivity contribution in [2.24, 2.45) is 0 Å². The van der Waals surface area contributed by atoms with Crippen molar-refractivity contribution < 1.29 is 9.59 Å². The van der Waals surface area contributed by atoms with E-state index >= 15 is 0 Å². The minimum absolute atomic E-state index is 0.0133. The van der Waals surface area contributed by atoms with Crippen molar-refractivity contribution in [3.8, 4) is 0 Å². The van der Waals surface area contributed by atoms with Gasteiger partial charge < -0.3 is 4.90 Å². The van der Waals surface area contributed by atoms with E-state index in [2.05, 4.69) is 15.9 Å². The summed E-state index contributed by atoms with van der Waals surface area (Å²) in [5.74, 6) is -0.0133. The maximum Gasteiger partial charge on any atom is 0.226 e. The first kappa shape index (κ1) is 12.9. The van der Waals surface area contributed by atoms with Crippen LogP contribution in [0.1, 0.15) is 29.3 Å². The molecule has 0 N–H and O–H groups in total. The summed E-state index contributed by atoms with van der Waals surface area (Å²) in [6, 6.07) is 3.69. The molecule has 0 saturated carbocycles. The van der Waals surface area contributed by atoms with E-state index in [0.717, 1.165) is 11.8 Å². The van der Waals surface area contributed by atoms with Crippen molar-refractivity contribution in [3.63, 3.8) is 0 Å². The molecule has 4 heteroatoms. The SMILES string of the molecule is CCC(=O)N(C)c1cc(C)cc(Br)c1C=O. The second kappa shape index (κ2) is 5.25. The molecule has 1 amide bonds. The van der Waals surface area contributed by atoms with Crippen molar-refractivity contribution in [1.29, 1.82) is 0 Å². The maximum absolute atomic E-state index is 11.6. The number of carbonyl (C=O) groups excluding carboxylic acids is 2. The van der Waals surface area contributed by atoms with Crippen molar-refractivity contribution in [3.05, 3.63) is 27.7 Å². The Hall–Kier alpha value is -1.16. The Balaban J connectivity index is 3.31. The largest absolute Gasteiger partial charge is 0.315 e. The van der Waals surface area contributed by atoms with Crippen LogP contribution in [0.4, 0.5) is 5.69 Å². The Bertz CT molecular complexity index is 429. The Morgan fingerprint density at radius 2 is 2.12 bits per heavy atom. The van der Waals surface area contributed by atoms with E-state index < -0.39 is 0 Å². The molecule has 16 heavy (non-hydrogen) atoms. The van der Waals surface area contributed by atoms with Gasteiger partial charge in [-0.1, -0.05) is 6.92 Å². The number of hydrogen-bond donors (Lipinski definition) is 0. The zero-order chi connectivity index (χ0) is 12.3. The highest BCUT2D eigenvalue weighted by Crippen LogP contribution is 2.28. The number of halogens is 1. The van der Waals surface area contributed by atoms with E-state index in [-0.39, 0.29) is 5.91 Å². The van der Waals surface area contributed by atoms with Crippen molar-refractivity contribution >= 4 is 33.8 Å². The standard InChI is InChI=1S/C12H14BrNO2/c1-4-12(16)14(3)11-6-8(2)5-10(13)9(11)7-15/h5-7H,4H2,1-3H3. The third-order valence-corrected chi connectivity index (χ3v) is 3.06. The number of hydrogen-bond acceptors (Lipinski definition) is 2. The predicted molar refractivity (Wildman–Crippen MR) is 68.0 cm³/mol. The summed E-state index contributed by atoms with van der Waals surface area (Å²) < 4.78 is 0.716. The highest BCUT2D eigenvalue weighted by molar-refractivity contribution is 9.10. The quantitative estimate of drug-likeness (QED) is 0.800. The van der Waals surface area contributed by atoms with Crippen LogP contribution in [0.15, 0.2) is 16.6 Å². The van der Waals surface area contributed by atoms with Gasteiger partial charge in [0.1, 0.15) is 0 Å². The molecule has 0 spiro atoms. The first-order chi connectivity index (χ1) is 7.51. The Morgan fingerprint density at radius 1 is 1.50 bits per heavy atom. The van der Waals surface area contributed by atoms with Crippen LogP contribution in [-0.4, -0.2) is 19.2 Å². The number of aryl methyl sites for hydroxylation is 1. The number of rotatable bonds is 3. The zero-order valence-electron chi connectivity index (χ0n) is 9.58. The fourth-order valence-corrected chi connectivity index (χ4v) is 2.16. The van der Waals surface area contributed by atoms with Gasteiger partial charge in [0.15, 0.2) is 6.29 Å². The average molecular weight is 284 g/mol. The molecule has 1 rings (SSSR count). The van der Waals surface area contributed by atoms with Crippen LogP contribution >= 0.6 is 15.9 Å². The van der Waals surface area contributed by atoms with Crippen LogP contribution in [0, 0.1) is 6.92 Å². The molecule has 0 unspecified atom stereocenters. The molecule has 0 heterocycles. The van der Waals surface area contributed by atoms with Gasteiger partial charge in [0.05, 0.1) is 11.3 Å². The fraction of sp³-hybridized carbons (Fsp3) is 0.333. The van der Waals surface area contributed by atoms with Crippen molar-refractivity contribution in [2.75, 3.05) is 11.9 Å². The van der Waals surface area contributed by atoms with E-state index in [0.29, 0.717) is 22.1 Å². The molecule has 86 valence electrons. The second-order valence-electron chi connectivity index (χ2n) is 3.60. The van der Waals surface area contributed by atoms with Crippen molar-refractivity contribution in [1.82, 2.24) is 0 Å². The minimum atomic E-state index is -0.0133. The first-order valence-electron chi connectivity index (χ1n) is 5.03. The summed E-state index contributed by atoms with van der Waals surface area (Å²) in [5.41, 5.74) is 2.16. The number of amides is 1. The highest BCUT2D eigenvalue weighted by Gasteiger charge is 2.15. The number of nitrogens with zero attached hydrogens (tertiary/aromatic N) is 1. The number of aldehydes is 1. The zero-order valence-corrected chi connectivity index (χ0v) is 11.2. The van der Waals surface area contributed by atoms with Crippen LogP contribution in [0.3, 0.4) is 0 Å². The molecule has 3 nitrogen and oxygen atoms in total. The van der Waals surface area contributed by atoms with E-state index in [1.807, 2.05) is 19.1 Å². The Labute approximate surface area is 104 Å². The summed E-state index contributed by atoms with van der Waals surface area (Å²) in [6.45, 7) is 3.72. The summed E-state index contributed by atoms with van der Waals surface area (Å²) in [7, 11) is 1.68. The van der Waals surface area contributed by atoms with Gasteiger partial charge in [-0.25, -0.2) is 0 Å². The molecular weight excluding hydrogens is 270 g/mol. The predicted octanol–water partition coefficient (Wildman–Crippen LogP) is 2.94. The molecule has 0 aliphatic heterocycles. The van der Waals surface area contributed by atoms with Crippen molar-refractivity contribution in [2.45, 2.75) is 20.3 Å². The lowest BCUT2D eigenvalue weighted by molar-refractivity contribution is -0.118. The molecule has 0 radical (unpaired) electrons. The lowest BCUT2D eigenvalue weighted by atomic mass is 10.1. The second-order valence-corrected chi connectivity index (χ2v) is 4.46. The van der Waals surface area contributed by atoms with Crippen LogP contribution < -0.4 is 4.90 Å². The summed E-state index contributed by atoms with van der Waals surface area (Å²) in [5, 5.41) is 0. The van der Waals surface area contributed by atoms with Gasteiger partial charge in [0.2, 0.25) is 5.91 Å². The number of carbonyl (C=O) groups is 2. The molecule has 0 atom stereocenters. The third kappa shape index (κ3) is 2.50. The normalized spacial score (nSPS) is 10.0. The van der Waals surface area contributed by atoms with Gasteiger partial charge in [-0.2, -0.15) is 0 Å². The Kier molecular flexibility index (Phi) is 4.24. The average Bonchev–Trinajstić information content (AvgIpc) is 2.26. The van der Waals surface area contributed by atoms with Crippen LogP contribution in [0.2, 0.25) is 0 Å². The molecule has 0 aliphatic carbocycles. The van der Waals surface area contributed by atoms with Crippen LogP contribution in [-0.2, 0) is 4.79 Å². The molecule has 0 aromatic heterocycles. The molecule has 1 aromatic carbocycles. The molecular formula is C12H14BrNO2. The van der Waals surface area contributed by atoms with E-state index in [1.165, 1.54) is 4.90 Å². The van der Waals surface area contributed by atoms with Crippen LogP contribution in [0.5, 0.6) is 0 Å². The summed E-state index contributed by atoms with van der Waals surface area (Å²) >= 11 is 3.33.